The zero-order valence-corrected chi connectivity index (χ0v) is 12.7. The molecule has 0 spiro atoms. The van der Waals surface area contributed by atoms with Gasteiger partial charge in [-0.25, -0.2) is 4.79 Å². The van der Waals surface area contributed by atoms with Gasteiger partial charge < -0.3 is 20.1 Å². The second-order valence-electron chi connectivity index (χ2n) is 5.48. The van der Waals surface area contributed by atoms with E-state index in [0.29, 0.717) is 11.9 Å². The fraction of sp³-hybridized carbons (Fsp3) is 0.846. The highest BCUT2D eigenvalue weighted by atomic mass is 32.2. The Balaban J connectivity index is 1.87. The molecule has 1 saturated carbocycles. The fourth-order valence-corrected chi connectivity index (χ4v) is 3.67. The van der Waals surface area contributed by atoms with E-state index in [4.69, 9.17) is 9.84 Å². The molecule has 0 aromatic heterocycles. The summed E-state index contributed by atoms with van der Waals surface area (Å²) < 4.78 is 5.20. The van der Waals surface area contributed by atoms with Crippen LogP contribution >= 0.6 is 11.8 Å². The number of aliphatic carboxylic acids is 1. The lowest BCUT2D eigenvalue weighted by Crippen LogP contribution is -2.50. The number of hydrogen-bond acceptors (Lipinski definition) is 4. The van der Waals surface area contributed by atoms with Crippen LogP contribution < -0.4 is 5.32 Å². The summed E-state index contributed by atoms with van der Waals surface area (Å²) in [5.74, 6) is -1.54. The van der Waals surface area contributed by atoms with Gasteiger partial charge in [0.25, 0.3) is 0 Å². The molecule has 6 nitrogen and oxygen atoms in total. The molecular weight excluding hydrogens is 280 g/mol. The molecule has 2 rings (SSSR count). The van der Waals surface area contributed by atoms with Crippen LogP contribution in [0.25, 0.3) is 0 Å². The summed E-state index contributed by atoms with van der Waals surface area (Å²) >= 11 is 1.84. The van der Waals surface area contributed by atoms with Gasteiger partial charge in [0.05, 0.1) is 19.3 Å². The molecule has 2 fully saturated rings. The molecule has 1 saturated heterocycles. The summed E-state index contributed by atoms with van der Waals surface area (Å²) in [6.45, 7) is 0.467. The Labute approximate surface area is 123 Å². The number of amides is 2. The van der Waals surface area contributed by atoms with Crippen molar-refractivity contribution in [3.63, 3.8) is 0 Å². The van der Waals surface area contributed by atoms with E-state index < -0.39 is 11.9 Å². The number of ether oxygens (including phenoxy) is 1. The van der Waals surface area contributed by atoms with Crippen molar-refractivity contribution in [3.8, 4) is 0 Å². The lowest BCUT2D eigenvalue weighted by Gasteiger charge is -2.28. The molecule has 2 amide bonds. The first-order valence-electron chi connectivity index (χ1n) is 6.89. The lowest BCUT2D eigenvalue weighted by molar-refractivity contribution is -0.142. The van der Waals surface area contributed by atoms with Gasteiger partial charge in [-0.15, -0.1) is 0 Å². The minimum atomic E-state index is -0.907. The van der Waals surface area contributed by atoms with Crippen molar-refractivity contribution in [2.45, 2.75) is 36.6 Å². The Hall–Kier alpha value is -0.950. The molecule has 20 heavy (non-hydrogen) atoms. The Bertz CT molecular complexity index is 379. The second kappa shape index (κ2) is 6.67. The molecular formula is C13H22N2O4S. The first-order valence-corrected chi connectivity index (χ1v) is 8.18. The van der Waals surface area contributed by atoms with Gasteiger partial charge in [0.1, 0.15) is 5.92 Å². The van der Waals surface area contributed by atoms with Crippen molar-refractivity contribution in [1.82, 2.24) is 10.2 Å². The Morgan fingerprint density at radius 3 is 2.70 bits per heavy atom. The number of nitrogens with zero attached hydrogens (tertiary/aromatic N) is 1. The number of carboxylic acid groups (broad SMARTS) is 1. The molecule has 4 atom stereocenters. The Morgan fingerprint density at radius 2 is 2.10 bits per heavy atom. The van der Waals surface area contributed by atoms with Crippen LogP contribution in [0.5, 0.6) is 0 Å². The predicted molar refractivity (Wildman–Crippen MR) is 77.0 cm³/mol. The Morgan fingerprint density at radius 1 is 1.35 bits per heavy atom. The maximum atomic E-state index is 12.2. The molecule has 2 N–H and O–H groups in total. The number of carbonyl (C=O) groups is 2. The summed E-state index contributed by atoms with van der Waals surface area (Å²) in [5.41, 5.74) is 0. The van der Waals surface area contributed by atoms with E-state index in [2.05, 4.69) is 11.6 Å². The third-order valence-electron chi connectivity index (χ3n) is 4.23. The van der Waals surface area contributed by atoms with Gasteiger partial charge in [0.2, 0.25) is 0 Å². The van der Waals surface area contributed by atoms with E-state index in [1.165, 1.54) is 4.90 Å². The molecule has 2 aliphatic rings. The number of carboxylic acids is 1. The maximum absolute atomic E-state index is 12.2. The predicted octanol–water partition coefficient (Wildman–Crippen LogP) is 1.01. The number of nitrogens with one attached hydrogen (secondary N) is 1. The van der Waals surface area contributed by atoms with Crippen LogP contribution in [-0.4, -0.2) is 65.9 Å². The molecule has 1 aliphatic carbocycles. The zero-order chi connectivity index (χ0) is 14.7. The minimum absolute atomic E-state index is 0.176. The molecule has 4 unspecified atom stereocenters. The maximum Gasteiger partial charge on any atom is 0.317 e. The number of thioether (sulfide) groups is 1. The van der Waals surface area contributed by atoms with E-state index in [0.717, 1.165) is 19.3 Å². The third kappa shape index (κ3) is 3.38. The van der Waals surface area contributed by atoms with Gasteiger partial charge in [-0.1, -0.05) is 0 Å². The standard InChI is InChI=1S/C13H22N2O4S/c1-15(11-7-19-6-10(11)12(16)17)13(18)14-8-3-4-9(5-8)20-2/h8-11H,3-7H2,1-2H3,(H,14,18)(H,16,17). The third-order valence-corrected chi connectivity index (χ3v) is 5.33. The number of rotatable bonds is 4. The first kappa shape index (κ1) is 15.4. The average Bonchev–Trinajstić information content (AvgIpc) is 3.06. The van der Waals surface area contributed by atoms with Crippen LogP contribution in [0.4, 0.5) is 4.79 Å². The summed E-state index contributed by atoms with van der Waals surface area (Å²) in [7, 11) is 1.64. The van der Waals surface area contributed by atoms with Crippen molar-refractivity contribution in [1.29, 1.82) is 0 Å². The smallest absolute Gasteiger partial charge is 0.317 e. The van der Waals surface area contributed by atoms with Crippen LogP contribution in [0.3, 0.4) is 0 Å². The van der Waals surface area contributed by atoms with Gasteiger partial charge >= 0.3 is 12.0 Å². The summed E-state index contributed by atoms with van der Waals surface area (Å²) in [6.07, 6.45) is 5.20. The molecule has 0 radical (unpaired) electrons. The highest BCUT2D eigenvalue weighted by Gasteiger charge is 2.39. The lowest BCUT2D eigenvalue weighted by atomic mass is 10.0. The van der Waals surface area contributed by atoms with Crippen molar-refractivity contribution in [3.05, 3.63) is 0 Å². The van der Waals surface area contributed by atoms with E-state index in [1.807, 2.05) is 11.8 Å². The van der Waals surface area contributed by atoms with Gasteiger partial charge in [0.15, 0.2) is 0 Å². The van der Waals surface area contributed by atoms with Gasteiger partial charge in [-0.05, 0) is 25.5 Å². The SMILES string of the molecule is CSC1CCC(NC(=O)N(C)C2COCC2C(=O)O)C1. The molecule has 1 aliphatic heterocycles. The number of likely N-dealkylation sites (N-methyl/N-ethyl adjacent to an activating group) is 1. The summed E-state index contributed by atoms with van der Waals surface area (Å²) in [5, 5.41) is 12.7. The normalized spacial score (nSPS) is 33.1. The topological polar surface area (TPSA) is 78.9 Å². The van der Waals surface area contributed by atoms with Crippen LogP contribution in [0.2, 0.25) is 0 Å². The van der Waals surface area contributed by atoms with Crippen LogP contribution in [0.1, 0.15) is 19.3 Å². The summed E-state index contributed by atoms with van der Waals surface area (Å²) in [4.78, 5) is 24.8. The summed E-state index contributed by atoms with van der Waals surface area (Å²) in [6, 6.07) is -0.378. The fourth-order valence-electron chi connectivity index (χ4n) is 2.87. The molecule has 0 bridgehead atoms. The number of hydrogen-bond donors (Lipinski definition) is 2. The Kier molecular flexibility index (Phi) is 5.15. The van der Waals surface area contributed by atoms with Crippen molar-refractivity contribution in [2.75, 3.05) is 26.5 Å². The zero-order valence-electron chi connectivity index (χ0n) is 11.9. The van der Waals surface area contributed by atoms with Crippen molar-refractivity contribution >= 4 is 23.8 Å². The van der Waals surface area contributed by atoms with E-state index >= 15 is 0 Å². The number of urea groups is 1. The van der Waals surface area contributed by atoms with Crippen LogP contribution in [-0.2, 0) is 9.53 Å². The first-order chi connectivity index (χ1) is 9.52. The molecule has 0 aromatic rings. The van der Waals surface area contributed by atoms with E-state index in [9.17, 15) is 9.59 Å². The second-order valence-corrected chi connectivity index (χ2v) is 6.62. The molecule has 114 valence electrons. The quantitative estimate of drug-likeness (QED) is 0.810. The van der Waals surface area contributed by atoms with E-state index in [1.54, 1.807) is 7.05 Å². The van der Waals surface area contributed by atoms with Crippen molar-refractivity contribution < 1.29 is 19.4 Å². The molecule has 7 heteroatoms. The van der Waals surface area contributed by atoms with Gasteiger partial charge in [0, 0.05) is 18.3 Å². The minimum Gasteiger partial charge on any atom is -0.481 e. The monoisotopic (exact) mass is 302 g/mol. The highest BCUT2D eigenvalue weighted by molar-refractivity contribution is 7.99. The van der Waals surface area contributed by atoms with Crippen molar-refractivity contribution in [2.24, 2.45) is 5.92 Å². The number of carbonyl (C=O) groups excluding carboxylic acids is 1. The van der Waals surface area contributed by atoms with Gasteiger partial charge in [-0.2, -0.15) is 11.8 Å². The average molecular weight is 302 g/mol. The largest absolute Gasteiger partial charge is 0.481 e. The highest BCUT2D eigenvalue weighted by Crippen LogP contribution is 2.28. The molecule has 1 heterocycles. The molecule has 0 aromatic carbocycles. The van der Waals surface area contributed by atoms with Gasteiger partial charge in [-0.3, -0.25) is 4.79 Å². The van der Waals surface area contributed by atoms with Crippen LogP contribution in [0, 0.1) is 5.92 Å². The van der Waals surface area contributed by atoms with Crippen LogP contribution in [0.15, 0.2) is 0 Å². The van der Waals surface area contributed by atoms with E-state index in [-0.39, 0.29) is 24.7 Å².